The monoisotopic (exact) mass is 386 g/mol. The summed E-state index contributed by atoms with van der Waals surface area (Å²) < 4.78 is 0. The lowest BCUT2D eigenvalue weighted by atomic mass is 10.1. The van der Waals surface area contributed by atoms with E-state index in [1.165, 1.54) is 0 Å². The second kappa shape index (κ2) is 6.74. The SMILES string of the molecule is CN1CCN(C(=O)Cc2ccc(Cl)c(Cl)c2)c2nc3ccccc3nc21. The Hall–Kier alpha value is -2.37. The minimum Gasteiger partial charge on any atom is -0.355 e. The lowest BCUT2D eigenvalue weighted by molar-refractivity contribution is -0.118. The standard InChI is InChI=1S/C19H16Cl2N4O/c1-24-8-9-25(17(26)11-12-6-7-13(20)14(21)10-12)19-18(24)22-15-4-2-3-5-16(15)23-19/h2-7,10H,8-9,11H2,1H3. The van der Waals surface area contributed by atoms with E-state index in [2.05, 4.69) is 0 Å². The number of halogens is 2. The molecular formula is C19H16Cl2N4O. The topological polar surface area (TPSA) is 49.3 Å². The van der Waals surface area contributed by atoms with Gasteiger partial charge in [0.05, 0.1) is 27.5 Å². The minimum absolute atomic E-state index is 0.0395. The molecule has 1 aliphatic rings. The van der Waals surface area contributed by atoms with Crippen molar-refractivity contribution >= 4 is 51.8 Å². The van der Waals surface area contributed by atoms with E-state index in [4.69, 9.17) is 33.2 Å². The first kappa shape index (κ1) is 17.1. The van der Waals surface area contributed by atoms with Crippen molar-refractivity contribution in [1.82, 2.24) is 9.97 Å². The predicted octanol–water partition coefficient (Wildman–Crippen LogP) is 3.96. The number of fused-ring (bicyclic) bond motifs is 2. The third-order valence-corrected chi connectivity index (χ3v) is 5.19. The van der Waals surface area contributed by atoms with Crippen molar-refractivity contribution in [3.63, 3.8) is 0 Å². The quantitative estimate of drug-likeness (QED) is 0.668. The van der Waals surface area contributed by atoms with Crippen LogP contribution in [0.5, 0.6) is 0 Å². The molecule has 7 heteroatoms. The van der Waals surface area contributed by atoms with E-state index in [1.54, 1.807) is 17.0 Å². The van der Waals surface area contributed by atoms with Gasteiger partial charge in [-0.3, -0.25) is 9.69 Å². The number of aromatic nitrogens is 2. The molecule has 26 heavy (non-hydrogen) atoms. The summed E-state index contributed by atoms with van der Waals surface area (Å²) in [7, 11) is 1.96. The van der Waals surface area contributed by atoms with Gasteiger partial charge in [-0.1, -0.05) is 41.4 Å². The molecule has 1 aromatic heterocycles. The first-order chi connectivity index (χ1) is 12.5. The number of benzene rings is 2. The van der Waals surface area contributed by atoms with Crippen LogP contribution in [0.15, 0.2) is 42.5 Å². The number of hydrogen-bond acceptors (Lipinski definition) is 4. The number of rotatable bonds is 2. The molecule has 0 radical (unpaired) electrons. The summed E-state index contributed by atoms with van der Waals surface area (Å²) in [5, 5.41) is 0.923. The van der Waals surface area contributed by atoms with Gasteiger partial charge in [-0.25, -0.2) is 9.97 Å². The van der Waals surface area contributed by atoms with Crippen molar-refractivity contribution in [1.29, 1.82) is 0 Å². The van der Waals surface area contributed by atoms with Gasteiger partial charge in [0.2, 0.25) is 5.91 Å². The van der Waals surface area contributed by atoms with E-state index in [-0.39, 0.29) is 12.3 Å². The van der Waals surface area contributed by atoms with Gasteiger partial charge >= 0.3 is 0 Å². The summed E-state index contributed by atoms with van der Waals surface area (Å²) in [4.78, 5) is 26.1. The predicted molar refractivity (Wildman–Crippen MR) is 105 cm³/mol. The summed E-state index contributed by atoms with van der Waals surface area (Å²) in [6.07, 6.45) is 0.231. The van der Waals surface area contributed by atoms with Gasteiger partial charge in [0.25, 0.3) is 0 Å². The van der Waals surface area contributed by atoms with E-state index >= 15 is 0 Å². The molecular weight excluding hydrogens is 371 g/mol. The molecule has 4 rings (SSSR count). The molecule has 0 aliphatic carbocycles. The highest BCUT2D eigenvalue weighted by molar-refractivity contribution is 6.42. The van der Waals surface area contributed by atoms with Crippen LogP contribution in [-0.2, 0) is 11.2 Å². The van der Waals surface area contributed by atoms with Crippen molar-refractivity contribution < 1.29 is 4.79 Å². The third kappa shape index (κ3) is 3.08. The van der Waals surface area contributed by atoms with E-state index in [1.807, 2.05) is 42.3 Å². The largest absolute Gasteiger partial charge is 0.355 e. The molecule has 2 aromatic carbocycles. The highest BCUT2D eigenvalue weighted by Crippen LogP contribution is 2.31. The Labute approximate surface area is 161 Å². The first-order valence-electron chi connectivity index (χ1n) is 8.25. The highest BCUT2D eigenvalue weighted by atomic mass is 35.5. The van der Waals surface area contributed by atoms with Gasteiger partial charge in [0.15, 0.2) is 11.6 Å². The van der Waals surface area contributed by atoms with Crippen molar-refractivity contribution in [2.75, 3.05) is 29.9 Å². The van der Waals surface area contributed by atoms with Gasteiger partial charge in [-0.15, -0.1) is 0 Å². The molecule has 0 saturated heterocycles. The summed E-state index contributed by atoms with van der Waals surface area (Å²) in [5.74, 6) is 1.28. The van der Waals surface area contributed by atoms with Gasteiger partial charge in [0, 0.05) is 20.1 Å². The number of carbonyl (C=O) groups is 1. The van der Waals surface area contributed by atoms with E-state index in [0.717, 1.165) is 22.4 Å². The number of anilines is 2. The molecule has 5 nitrogen and oxygen atoms in total. The Balaban J connectivity index is 1.69. The normalized spacial score (nSPS) is 13.8. The zero-order valence-electron chi connectivity index (χ0n) is 14.1. The van der Waals surface area contributed by atoms with E-state index < -0.39 is 0 Å². The van der Waals surface area contributed by atoms with E-state index in [9.17, 15) is 4.79 Å². The Morgan fingerprint density at radius 3 is 2.38 bits per heavy atom. The highest BCUT2D eigenvalue weighted by Gasteiger charge is 2.28. The van der Waals surface area contributed by atoms with Crippen molar-refractivity contribution in [2.24, 2.45) is 0 Å². The van der Waals surface area contributed by atoms with E-state index in [0.29, 0.717) is 29.0 Å². The zero-order chi connectivity index (χ0) is 18.3. The molecule has 1 amide bonds. The average molecular weight is 387 g/mol. The summed E-state index contributed by atoms with van der Waals surface area (Å²) in [6, 6.07) is 12.9. The summed E-state index contributed by atoms with van der Waals surface area (Å²) in [6.45, 7) is 1.27. The summed E-state index contributed by atoms with van der Waals surface area (Å²) in [5.41, 5.74) is 2.41. The number of carbonyl (C=O) groups excluding carboxylic acids is 1. The van der Waals surface area contributed by atoms with Crippen LogP contribution in [0.1, 0.15) is 5.56 Å². The Morgan fingerprint density at radius 1 is 1.00 bits per heavy atom. The number of para-hydroxylation sites is 2. The van der Waals surface area contributed by atoms with Gasteiger partial charge in [0.1, 0.15) is 0 Å². The average Bonchev–Trinajstić information content (AvgIpc) is 2.64. The molecule has 0 atom stereocenters. The van der Waals surface area contributed by atoms with Crippen molar-refractivity contribution in [2.45, 2.75) is 6.42 Å². The minimum atomic E-state index is -0.0395. The van der Waals surface area contributed by atoms with Crippen LogP contribution in [0.2, 0.25) is 10.0 Å². The molecule has 0 bridgehead atoms. The van der Waals surface area contributed by atoms with Crippen molar-refractivity contribution in [3.05, 3.63) is 58.1 Å². The zero-order valence-corrected chi connectivity index (χ0v) is 15.6. The van der Waals surface area contributed by atoms with Gasteiger partial charge in [-0.05, 0) is 29.8 Å². The summed E-state index contributed by atoms with van der Waals surface area (Å²) >= 11 is 12.0. The maximum atomic E-state index is 12.9. The third-order valence-electron chi connectivity index (χ3n) is 4.45. The lowest BCUT2D eigenvalue weighted by Gasteiger charge is -2.33. The second-order valence-corrected chi connectivity index (χ2v) is 7.07. The molecule has 0 saturated carbocycles. The number of nitrogens with zero attached hydrogens (tertiary/aromatic N) is 4. The number of hydrogen-bond donors (Lipinski definition) is 0. The van der Waals surface area contributed by atoms with Gasteiger partial charge < -0.3 is 4.90 Å². The van der Waals surface area contributed by atoms with Crippen LogP contribution in [0.4, 0.5) is 11.6 Å². The molecule has 1 aliphatic heterocycles. The fraction of sp³-hybridized carbons (Fsp3) is 0.211. The molecule has 2 heterocycles. The van der Waals surface area contributed by atoms with Crippen LogP contribution in [0.25, 0.3) is 11.0 Å². The van der Waals surface area contributed by atoms with Crippen LogP contribution < -0.4 is 9.80 Å². The molecule has 0 spiro atoms. The van der Waals surface area contributed by atoms with Crippen LogP contribution >= 0.6 is 23.2 Å². The second-order valence-electron chi connectivity index (χ2n) is 6.25. The Kier molecular flexibility index (Phi) is 4.42. The fourth-order valence-corrected chi connectivity index (χ4v) is 3.36. The van der Waals surface area contributed by atoms with Crippen molar-refractivity contribution in [3.8, 4) is 0 Å². The van der Waals surface area contributed by atoms with Crippen LogP contribution in [-0.4, -0.2) is 36.0 Å². The fourth-order valence-electron chi connectivity index (χ4n) is 3.04. The first-order valence-corrected chi connectivity index (χ1v) is 9.01. The maximum absolute atomic E-state index is 12.9. The number of likely N-dealkylation sites (N-methyl/N-ethyl adjacent to an activating group) is 1. The Bertz CT molecular complexity index is 1010. The molecule has 0 fully saturated rings. The number of amides is 1. The molecule has 0 N–H and O–H groups in total. The van der Waals surface area contributed by atoms with Gasteiger partial charge in [-0.2, -0.15) is 0 Å². The van der Waals surface area contributed by atoms with Crippen LogP contribution in [0, 0.1) is 0 Å². The Morgan fingerprint density at radius 2 is 1.69 bits per heavy atom. The lowest BCUT2D eigenvalue weighted by Crippen LogP contribution is -2.44. The van der Waals surface area contributed by atoms with Crippen LogP contribution in [0.3, 0.4) is 0 Å². The smallest absolute Gasteiger partial charge is 0.232 e. The molecule has 3 aromatic rings. The molecule has 132 valence electrons. The maximum Gasteiger partial charge on any atom is 0.232 e. The molecule has 0 unspecified atom stereocenters.